The Morgan fingerprint density at radius 3 is 2.85 bits per heavy atom. The van der Waals surface area contributed by atoms with Crippen LogP contribution in [0.5, 0.6) is 0 Å². The van der Waals surface area contributed by atoms with E-state index in [1.54, 1.807) is 6.20 Å². The monoisotopic (exact) mass is 296 g/mol. The molecule has 0 bridgehead atoms. The number of piperazine rings is 1. The molecule has 20 heavy (non-hydrogen) atoms. The molecule has 112 valence electrons. The maximum absolute atomic E-state index is 6.25. The van der Waals surface area contributed by atoms with Gasteiger partial charge < -0.3 is 15.1 Å². The summed E-state index contributed by atoms with van der Waals surface area (Å²) >= 11 is 6.25. The van der Waals surface area contributed by atoms with Gasteiger partial charge in [-0.3, -0.25) is 0 Å². The Kier molecular flexibility index (Phi) is 5.24. The summed E-state index contributed by atoms with van der Waals surface area (Å²) in [5.41, 5.74) is 1.12. The number of hydrogen-bond donors (Lipinski definition) is 1. The SMILES string of the molecule is CC(C)NCc1cc(N2CCN(C)CC2C)ncc1Cl. The third-order valence-corrected chi connectivity index (χ3v) is 4.09. The number of anilines is 1. The molecule has 1 aliphatic heterocycles. The zero-order valence-corrected chi connectivity index (χ0v) is 13.6. The van der Waals surface area contributed by atoms with Gasteiger partial charge in [0.25, 0.3) is 0 Å². The van der Waals surface area contributed by atoms with Gasteiger partial charge in [0.2, 0.25) is 0 Å². The Labute approximate surface area is 127 Å². The highest BCUT2D eigenvalue weighted by molar-refractivity contribution is 6.31. The van der Waals surface area contributed by atoms with Crippen LogP contribution in [0.15, 0.2) is 12.3 Å². The summed E-state index contributed by atoms with van der Waals surface area (Å²) in [5.74, 6) is 1.04. The molecule has 0 radical (unpaired) electrons. The molecule has 4 nitrogen and oxygen atoms in total. The number of nitrogens with one attached hydrogen (secondary N) is 1. The highest BCUT2D eigenvalue weighted by Gasteiger charge is 2.23. The first kappa shape index (κ1) is 15.5. The molecule has 0 saturated carbocycles. The summed E-state index contributed by atoms with van der Waals surface area (Å²) in [6.45, 7) is 10.5. The number of nitrogens with zero attached hydrogens (tertiary/aromatic N) is 3. The van der Waals surface area contributed by atoms with E-state index < -0.39 is 0 Å². The van der Waals surface area contributed by atoms with Gasteiger partial charge in [-0.25, -0.2) is 4.98 Å². The quantitative estimate of drug-likeness (QED) is 0.924. The number of rotatable bonds is 4. The highest BCUT2D eigenvalue weighted by Crippen LogP contribution is 2.23. The minimum Gasteiger partial charge on any atom is -0.351 e. The lowest BCUT2D eigenvalue weighted by Crippen LogP contribution is -2.50. The smallest absolute Gasteiger partial charge is 0.129 e. The maximum Gasteiger partial charge on any atom is 0.129 e. The van der Waals surface area contributed by atoms with E-state index in [1.165, 1.54) is 0 Å². The van der Waals surface area contributed by atoms with Crippen LogP contribution in [-0.4, -0.2) is 48.6 Å². The molecule has 1 aliphatic rings. The van der Waals surface area contributed by atoms with Crippen molar-refractivity contribution in [3.63, 3.8) is 0 Å². The van der Waals surface area contributed by atoms with Crippen LogP contribution in [0.3, 0.4) is 0 Å². The van der Waals surface area contributed by atoms with E-state index in [0.29, 0.717) is 12.1 Å². The average Bonchev–Trinajstić information content (AvgIpc) is 2.38. The minimum atomic E-state index is 0.449. The highest BCUT2D eigenvalue weighted by atomic mass is 35.5. The molecule has 1 aromatic heterocycles. The normalized spacial score (nSPS) is 20.7. The van der Waals surface area contributed by atoms with Gasteiger partial charge in [0, 0.05) is 44.5 Å². The molecule has 1 fully saturated rings. The Bertz CT molecular complexity index is 449. The summed E-state index contributed by atoms with van der Waals surface area (Å²) in [5, 5.41) is 4.15. The van der Waals surface area contributed by atoms with Crippen molar-refractivity contribution in [1.29, 1.82) is 0 Å². The van der Waals surface area contributed by atoms with E-state index in [4.69, 9.17) is 11.6 Å². The average molecular weight is 297 g/mol. The predicted octanol–water partition coefficient (Wildman–Crippen LogP) is 2.37. The van der Waals surface area contributed by atoms with Crippen LogP contribution in [0.4, 0.5) is 5.82 Å². The van der Waals surface area contributed by atoms with Gasteiger partial charge in [-0.1, -0.05) is 25.4 Å². The number of aromatic nitrogens is 1. The van der Waals surface area contributed by atoms with E-state index in [-0.39, 0.29) is 0 Å². The number of halogens is 1. The van der Waals surface area contributed by atoms with Crippen molar-refractivity contribution in [2.45, 2.75) is 39.4 Å². The van der Waals surface area contributed by atoms with Gasteiger partial charge in [-0.05, 0) is 25.6 Å². The van der Waals surface area contributed by atoms with Gasteiger partial charge >= 0.3 is 0 Å². The second kappa shape index (κ2) is 6.74. The first-order chi connectivity index (χ1) is 9.47. The van der Waals surface area contributed by atoms with E-state index in [0.717, 1.165) is 42.6 Å². The van der Waals surface area contributed by atoms with Crippen molar-refractivity contribution in [2.75, 3.05) is 31.6 Å². The Morgan fingerprint density at radius 1 is 1.45 bits per heavy atom. The molecule has 0 aromatic carbocycles. The van der Waals surface area contributed by atoms with Crippen molar-refractivity contribution in [1.82, 2.24) is 15.2 Å². The fourth-order valence-electron chi connectivity index (χ4n) is 2.55. The lowest BCUT2D eigenvalue weighted by Gasteiger charge is -2.39. The molecule has 2 heterocycles. The van der Waals surface area contributed by atoms with Crippen LogP contribution in [0.2, 0.25) is 5.02 Å². The molecule has 0 amide bonds. The van der Waals surface area contributed by atoms with Crippen LogP contribution in [0.1, 0.15) is 26.3 Å². The second-order valence-electron chi connectivity index (χ2n) is 5.97. The third kappa shape index (κ3) is 3.84. The number of pyridine rings is 1. The topological polar surface area (TPSA) is 31.4 Å². The van der Waals surface area contributed by atoms with Crippen LogP contribution in [0.25, 0.3) is 0 Å². The molecule has 1 unspecified atom stereocenters. The van der Waals surface area contributed by atoms with E-state index >= 15 is 0 Å². The molecule has 1 N–H and O–H groups in total. The molecule has 1 saturated heterocycles. The Balaban J connectivity index is 2.14. The summed E-state index contributed by atoms with van der Waals surface area (Å²) in [6.07, 6.45) is 1.78. The lowest BCUT2D eigenvalue weighted by atomic mass is 10.1. The molecule has 1 atom stereocenters. The molecular formula is C15H25ClN4. The van der Waals surface area contributed by atoms with Gasteiger partial charge in [-0.15, -0.1) is 0 Å². The summed E-state index contributed by atoms with van der Waals surface area (Å²) in [4.78, 5) is 9.24. The number of likely N-dealkylation sites (N-methyl/N-ethyl adjacent to an activating group) is 1. The fourth-order valence-corrected chi connectivity index (χ4v) is 2.72. The minimum absolute atomic E-state index is 0.449. The Hall–Kier alpha value is -0.840. The van der Waals surface area contributed by atoms with Crippen LogP contribution in [-0.2, 0) is 6.54 Å². The number of hydrogen-bond acceptors (Lipinski definition) is 4. The molecule has 0 spiro atoms. The van der Waals surface area contributed by atoms with E-state index in [9.17, 15) is 0 Å². The van der Waals surface area contributed by atoms with Gasteiger partial charge in [-0.2, -0.15) is 0 Å². The van der Waals surface area contributed by atoms with Gasteiger partial charge in [0.15, 0.2) is 0 Å². The van der Waals surface area contributed by atoms with E-state index in [1.807, 2.05) is 0 Å². The molecular weight excluding hydrogens is 272 g/mol. The van der Waals surface area contributed by atoms with Crippen LogP contribution in [0, 0.1) is 0 Å². The predicted molar refractivity (Wildman–Crippen MR) is 85.5 cm³/mol. The van der Waals surface area contributed by atoms with Crippen molar-refractivity contribution >= 4 is 17.4 Å². The molecule has 1 aromatic rings. The standard InChI is InChI=1S/C15H25ClN4/c1-11(2)17-8-13-7-15(18-9-14(13)16)20-6-5-19(4)10-12(20)3/h7,9,11-12,17H,5-6,8,10H2,1-4H3. The third-order valence-electron chi connectivity index (χ3n) is 3.75. The summed E-state index contributed by atoms with van der Waals surface area (Å²) in [7, 11) is 2.17. The fraction of sp³-hybridized carbons (Fsp3) is 0.667. The maximum atomic E-state index is 6.25. The van der Waals surface area contributed by atoms with Gasteiger partial charge in [0.05, 0.1) is 5.02 Å². The van der Waals surface area contributed by atoms with Gasteiger partial charge in [0.1, 0.15) is 5.82 Å². The first-order valence-corrected chi connectivity index (χ1v) is 7.68. The second-order valence-corrected chi connectivity index (χ2v) is 6.38. The van der Waals surface area contributed by atoms with Crippen molar-refractivity contribution in [3.05, 3.63) is 22.8 Å². The Morgan fingerprint density at radius 2 is 2.20 bits per heavy atom. The van der Waals surface area contributed by atoms with Crippen molar-refractivity contribution in [2.24, 2.45) is 0 Å². The van der Waals surface area contributed by atoms with Crippen LogP contribution < -0.4 is 10.2 Å². The zero-order valence-electron chi connectivity index (χ0n) is 12.9. The van der Waals surface area contributed by atoms with E-state index in [2.05, 4.69) is 54.0 Å². The summed E-state index contributed by atoms with van der Waals surface area (Å²) < 4.78 is 0. The lowest BCUT2D eigenvalue weighted by molar-refractivity contribution is 0.274. The van der Waals surface area contributed by atoms with Crippen LogP contribution >= 0.6 is 11.6 Å². The van der Waals surface area contributed by atoms with Crippen molar-refractivity contribution < 1.29 is 0 Å². The zero-order chi connectivity index (χ0) is 14.7. The molecule has 0 aliphatic carbocycles. The molecule has 5 heteroatoms. The largest absolute Gasteiger partial charge is 0.351 e. The first-order valence-electron chi connectivity index (χ1n) is 7.30. The van der Waals surface area contributed by atoms with Crippen molar-refractivity contribution in [3.8, 4) is 0 Å². The summed E-state index contributed by atoms with van der Waals surface area (Å²) in [6, 6.07) is 3.05. The molecule has 2 rings (SSSR count).